The maximum atomic E-state index is 13.8. The van der Waals surface area contributed by atoms with Gasteiger partial charge < -0.3 is 39.7 Å². The third kappa shape index (κ3) is 13.6. The highest BCUT2D eigenvalue weighted by Gasteiger charge is 2.42. The molecule has 260 valence electrons. The van der Waals surface area contributed by atoms with Gasteiger partial charge in [0.2, 0.25) is 17.7 Å². The molecule has 1 fully saturated rings. The SMILES string of the molecule is CCNC(=O)CN(C)C(=O)CC[C@H](NC(=O)[C@H](CC1CCCCC1)NC(=O)OCc1cccc(Cl)c1)C(O)P(=O)(OCC)OCC. The Morgan fingerprint density at radius 2 is 1.74 bits per heavy atom. The van der Waals surface area contributed by atoms with Crippen LogP contribution in [0.1, 0.15) is 77.7 Å². The summed E-state index contributed by atoms with van der Waals surface area (Å²) in [6.45, 7) is 5.04. The Balaban J connectivity index is 2.24. The molecule has 1 unspecified atom stereocenters. The summed E-state index contributed by atoms with van der Waals surface area (Å²) in [5.74, 6) is -3.05. The van der Waals surface area contributed by atoms with Crippen LogP contribution in [0.4, 0.5) is 4.79 Å². The van der Waals surface area contributed by atoms with Crippen LogP contribution in [0.5, 0.6) is 0 Å². The Hall–Kier alpha value is -2.70. The van der Waals surface area contributed by atoms with Gasteiger partial charge in [-0.1, -0.05) is 55.8 Å². The van der Waals surface area contributed by atoms with Gasteiger partial charge in [0, 0.05) is 25.0 Å². The van der Waals surface area contributed by atoms with Crippen molar-refractivity contribution in [2.24, 2.45) is 5.92 Å². The van der Waals surface area contributed by atoms with Crippen LogP contribution < -0.4 is 16.0 Å². The molecule has 15 heteroatoms. The minimum absolute atomic E-state index is 0.0342. The van der Waals surface area contributed by atoms with Gasteiger partial charge in [-0.05, 0) is 57.2 Å². The Morgan fingerprint density at radius 1 is 1.07 bits per heavy atom. The molecule has 1 aliphatic carbocycles. The van der Waals surface area contributed by atoms with Crippen molar-refractivity contribution in [3.8, 4) is 0 Å². The number of ether oxygens (including phenoxy) is 1. The molecule has 1 saturated carbocycles. The molecule has 1 aromatic rings. The van der Waals surface area contributed by atoms with Crippen molar-refractivity contribution in [2.75, 3.05) is 33.4 Å². The number of alkyl carbamates (subject to hydrolysis) is 1. The lowest BCUT2D eigenvalue weighted by Gasteiger charge is -2.32. The third-order valence-electron chi connectivity index (χ3n) is 7.64. The molecule has 1 aromatic carbocycles. The van der Waals surface area contributed by atoms with Crippen LogP contribution in [0.2, 0.25) is 5.02 Å². The predicted octanol–water partition coefficient (Wildman–Crippen LogP) is 4.35. The summed E-state index contributed by atoms with van der Waals surface area (Å²) in [4.78, 5) is 52.7. The van der Waals surface area contributed by atoms with Crippen molar-refractivity contribution in [3.05, 3.63) is 34.9 Å². The lowest BCUT2D eigenvalue weighted by atomic mass is 9.84. The molecule has 2 rings (SSSR count). The number of hydrogen-bond donors (Lipinski definition) is 4. The number of carbonyl (C=O) groups is 4. The number of benzene rings is 1. The van der Waals surface area contributed by atoms with Gasteiger partial charge in [0.15, 0.2) is 5.85 Å². The van der Waals surface area contributed by atoms with Crippen LogP contribution >= 0.6 is 19.2 Å². The summed E-state index contributed by atoms with van der Waals surface area (Å²) < 4.78 is 29.6. The molecule has 0 aromatic heterocycles. The van der Waals surface area contributed by atoms with Crippen molar-refractivity contribution in [1.29, 1.82) is 0 Å². The fourth-order valence-electron chi connectivity index (χ4n) is 5.32. The van der Waals surface area contributed by atoms with Crippen molar-refractivity contribution in [1.82, 2.24) is 20.9 Å². The smallest absolute Gasteiger partial charge is 0.408 e. The van der Waals surface area contributed by atoms with Crippen molar-refractivity contribution < 1.29 is 42.6 Å². The minimum atomic E-state index is -4.15. The Bertz CT molecular complexity index is 1170. The number of amides is 4. The summed E-state index contributed by atoms with van der Waals surface area (Å²) in [5, 5.41) is 19.8. The van der Waals surface area contributed by atoms with Crippen molar-refractivity contribution in [3.63, 3.8) is 0 Å². The zero-order chi connectivity index (χ0) is 34.1. The Labute approximate surface area is 277 Å². The Morgan fingerprint density at radius 3 is 2.35 bits per heavy atom. The largest absolute Gasteiger partial charge is 0.445 e. The molecule has 13 nitrogen and oxygen atoms in total. The second-order valence-electron chi connectivity index (χ2n) is 11.3. The lowest BCUT2D eigenvalue weighted by molar-refractivity contribution is -0.135. The number of nitrogens with zero attached hydrogens (tertiary/aromatic N) is 1. The molecule has 0 aliphatic heterocycles. The molecule has 0 saturated heterocycles. The molecule has 46 heavy (non-hydrogen) atoms. The topological polar surface area (TPSA) is 173 Å². The summed E-state index contributed by atoms with van der Waals surface area (Å²) in [6.07, 6.45) is 4.08. The highest BCUT2D eigenvalue weighted by Crippen LogP contribution is 2.53. The van der Waals surface area contributed by atoms with Crippen LogP contribution in [0.15, 0.2) is 24.3 Å². The van der Waals surface area contributed by atoms with E-state index >= 15 is 0 Å². The van der Waals surface area contributed by atoms with Gasteiger partial charge in [0.05, 0.1) is 25.8 Å². The molecular formula is C31H50ClN4O9P. The third-order valence-corrected chi connectivity index (χ3v) is 10.1. The number of aliphatic hydroxyl groups is 1. The number of aliphatic hydroxyl groups excluding tert-OH is 1. The minimum Gasteiger partial charge on any atom is -0.445 e. The van der Waals surface area contributed by atoms with Gasteiger partial charge in [-0.3, -0.25) is 18.9 Å². The van der Waals surface area contributed by atoms with E-state index in [-0.39, 0.29) is 51.0 Å². The molecule has 3 atom stereocenters. The van der Waals surface area contributed by atoms with Crippen LogP contribution in [0, 0.1) is 5.92 Å². The number of likely N-dealkylation sites (N-methyl/N-ethyl adjacent to an activating group) is 2. The fourth-order valence-corrected chi connectivity index (χ4v) is 7.30. The second kappa shape index (κ2) is 20.5. The average Bonchev–Trinajstić information content (AvgIpc) is 3.02. The van der Waals surface area contributed by atoms with E-state index in [1.54, 1.807) is 45.0 Å². The fraction of sp³-hybridized carbons (Fsp3) is 0.677. The van der Waals surface area contributed by atoms with E-state index in [4.69, 9.17) is 25.4 Å². The first-order valence-electron chi connectivity index (χ1n) is 16.0. The molecule has 0 bridgehead atoms. The number of halogens is 1. The van der Waals surface area contributed by atoms with Crippen molar-refractivity contribution >= 4 is 43.0 Å². The van der Waals surface area contributed by atoms with Crippen LogP contribution in [-0.2, 0) is 39.3 Å². The second-order valence-corrected chi connectivity index (χ2v) is 13.9. The van der Waals surface area contributed by atoms with Crippen LogP contribution in [-0.4, -0.2) is 85.1 Å². The zero-order valence-corrected chi connectivity index (χ0v) is 28.9. The molecule has 0 heterocycles. The first kappa shape index (κ1) is 39.5. The van der Waals surface area contributed by atoms with E-state index in [9.17, 15) is 28.8 Å². The van der Waals surface area contributed by atoms with Gasteiger partial charge in [-0.2, -0.15) is 0 Å². The number of rotatable bonds is 19. The number of carbonyl (C=O) groups excluding carboxylic acids is 4. The van der Waals surface area contributed by atoms with Gasteiger partial charge in [-0.15, -0.1) is 0 Å². The van der Waals surface area contributed by atoms with Crippen LogP contribution in [0.25, 0.3) is 0 Å². The zero-order valence-electron chi connectivity index (χ0n) is 27.3. The standard InChI is InChI=1S/C31H50ClN4O9P/c1-5-33-27(37)20-36(4)28(38)17-16-25(30(40)46(42,44-6-2)45-7-3)34-29(39)26(19-22-12-9-8-10-13-22)35-31(41)43-21-23-14-11-15-24(32)18-23/h11,14-15,18,22,25-26,30,40H,5-10,12-13,16-17,19-21H2,1-4H3,(H,33,37)(H,34,39)(H,35,41)/t25-,26-,30?/m0/s1. The van der Waals surface area contributed by atoms with E-state index in [2.05, 4.69) is 16.0 Å². The highest BCUT2D eigenvalue weighted by molar-refractivity contribution is 7.54. The highest BCUT2D eigenvalue weighted by atomic mass is 35.5. The average molecular weight is 689 g/mol. The van der Waals surface area contributed by atoms with Gasteiger partial charge in [0.25, 0.3) is 0 Å². The van der Waals surface area contributed by atoms with E-state index in [1.165, 1.54) is 11.9 Å². The molecule has 4 N–H and O–H groups in total. The quantitative estimate of drug-likeness (QED) is 0.154. The van der Waals surface area contributed by atoms with Gasteiger partial charge in [0.1, 0.15) is 12.6 Å². The normalized spacial score (nSPS) is 15.7. The number of nitrogens with one attached hydrogen (secondary N) is 3. The molecule has 0 radical (unpaired) electrons. The summed E-state index contributed by atoms with van der Waals surface area (Å²) in [7, 11) is -2.69. The molecule has 1 aliphatic rings. The predicted molar refractivity (Wildman–Crippen MR) is 174 cm³/mol. The monoisotopic (exact) mass is 688 g/mol. The molecule has 4 amide bonds. The van der Waals surface area contributed by atoms with E-state index < -0.39 is 43.4 Å². The maximum absolute atomic E-state index is 13.8. The van der Waals surface area contributed by atoms with E-state index in [0.717, 1.165) is 32.1 Å². The van der Waals surface area contributed by atoms with Gasteiger partial charge in [-0.25, -0.2) is 4.79 Å². The first-order valence-corrected chi connectivity index (χ1v) is 18.0. The Kier molecular flexibility index (Phi) is 17.6. The van der Waals surface area contributed by atoms with Crippen LogP contribution in [0.3, 0.4) is 0 Å². The first-order chi connectivity index (χ1) is 21.9. The van der Waals surface area contributed by atoms with Gasteiger partial charge >= 0.3 is 13.7 Å². The summed E-state index contributed by atoms with van der Waals surface area (Å²) >= 11 is 6.03. The van der Waals surface area contributed by atoms with E-state index in [0.29, 0.717) is 23.6 Å². The lowest BCUT2D eigenvalue weighted by Crippen LogP contribution is -2.53. The summed E-state index contributed by atoms with van der Waals surface area (Å²) in [6, 6.07) is 4.55. The number of hydrogen-bond acceptors (Lipinski definition) is 9. The summed E-state index contributed by atoms with van der Waals surface area (Å²) in [5.41, 5.74) is 0.670. The molecular weight excluding hydrogens is 639 g/mol. The molecule has 0 spiro atoms. The maximum Gasteiger partial charge on any atom is 0.408 e. The van der Waals surface area contributed by atoms with E-state index in [1.807, 2.05) is 0 Å². The van der Waals surface area contributed by atoms with Crippen molar-refractivity contribution in [2.45, 2.75) is 96.7 Å².